The Morgan fingerprint density at radius 3 is 1.57 bits per heavy atom. The maximum Gasteiger partial charge on any atom is 0.353 e. The lowest BCUT2D eigenvalue weighted by atomic mass is 10.6. The third-order valence-corrected chi connectivity index (χ3v) is 2.78. The van der Waals surface area contributed by atoms with E-state index >= 15 is 0 Å². The van der Waals surface area contributed by atoms with Gasteiger partial charge >= 0.3 is 22.8 Å². The first-order valence-corrected chi connectivity index (χ1v) is 8.52. The largest absolute Gasteiger partial charge is 0.353 e. The number of hydrogen-bond donors (Lipinski definition) is 3. The number of hydrogen-bond acceptors (Lipinski definition) is 9. The van der Waals surface area contributed by atoms with E-state index in [0.29, 0.717) is 17.3 Å². The molecule has 30 heavy (non-hydrogen) atoms. The second-order valence-electron chi connectivity index (χ2n) is 5.40. The molecule has 3 rings (SSSR count). The van der Waals surface area contributed by atoms with Gasteiger partial charge < -0.3 is 0 Å². The van der Waals surface area contributed by atoms with Gasteiger partial charge in [-0.3, -0.25) is 15.0 Å². The van der Waals surface area contributed by atoms with Crippen molar-refractivity contribution < 1.29 is 2.74 Å². The SMILES string of the molecule is Cc1nc(=O)[nH]c(=O)[nH]1.Cc1nc(C)nc(C)n1.[2H]CC.[2H]Cn1c(=O)nc(C)[nH]c1=O. The highest BCUT2D eigenvalue weighted by Crippen LogP contribution is 1.90. The van der Waals surface area contributed by atoms with Gasteiger partial charge in [0.15, 0.2) is 0 Å². The molecule has 164 valence electrons. The number of rotatable bonds is 0. The van der Waals surface area contributed by atoms with E-state index in [2.05, 4.69) is 34.9 Å². The first-order valence-electron chi connectivity index (χ1n) is 9.94. The lowest BCUT2D eigenvalue weighted by Crippen LogP contribution is -2.35. The molecule has 13 heteroatoms. The standard InChI is InChI=1S/C6H9N3.C5H7N3O2.C4H5N3O2.C2H6/c1-4-7-5(2)9-6(3)8-4;1-3-6-4(9)8(2)5(10)7-3;1-2-5-3(8)7-4(9)6-2;1-2/h1-3H3;1-2H3,(H,6,7,9,10);1H3,(H2,5,6,7,8,9);1-2H3/i;2D;;1D. The van der Waals surface area contributed by atoms with Gasteiger partial charge in [-0.05, 0) is 34.6 Å². The minimum Gasteiger partial charge on any atom is -0.296 e. The van der Waals surface area contributed by atoms with Crippen molar-refractivity contribution in [3.05, 3.63) is 71.1 Å². The molecule has 0 aliphatic rings. The van der Waals surface area contributed by atoms with Crippen LogP contribution in [0, 0.1) is 34.6 Å². The van der Waals surface area contributed by atoms with Crippen LogP contribution in [0.25, 0.3) is 0 Å². The molecule has 3 aromatic heterocycles. The second-order valence-corrected chi connectivity index (χ2v) is 5.40. The predicted octanol–water partition coefficient (Wildman–Crippen LogP) is -0.633. The van der Waals surface area contributed by atoms with Crippen molar-refractivity contribution in [2.45, 2.75) is 48.4 Å². The number of aryl methyl sites for hydroxylation is 5. The summed E-state index contributed by atoms with van der Waals surface area (Å²) in [7, 11) is -0.401. The van der Waals surface area contributed by atoms with Crippen LogP contribution in [0.1, 0.15) is 45.7 Å². The highest BCUT2D eigenvalue weighted by Gasteiger charge is 1.95. The minimum atomic E-state index is -0.679. The van der Waals surface area contributed by atoms with Crippen LogP contribution in [0.3, 0.4) is 0 Å². The zero-order valence-corrected chi connectivity index (χ0v) is 17.7. The van der Waals surface area contributed by atoms with Crippen LogP contribution in [-0.2, 0) is 7.02 Å². The molecule has 0 amide bonds. The van der Waals surface area contributed by atoms with Crippen LogP contribution in [0.2, 0.25) is 0 Å². The molecule has 3 N–H and O–H groups in total. The fourth-order valence-corrected chi connectivity index (χ4v) is 1.82. The summed E-state index contributed by atoms with van der Waals surface area (Å²) in [5.41, 5.74) is -2.40. The summed E-state index contributed by atoms with van der Waals surface area (Å²) < 4.78 is 13.7. The van der Waals surface area contributed by atoms with E-state index in [9.17, 15) is 19.2 Å². The molecule has 3 aromatic rings. The number of aromatic nitrogens is 9. The van der Waals surface area contributed by atoms with Gasteiger partial charge in [0, 0.05) is 9.77 Å². The van der Waals surface area contributed by atoms with E-state index in [4.69, 9.17) is 2.74 Å². The van der Waals surface area contributed by atoms with Crippen LogP contribution in [0.4, 0.5) is 0 Å². The summed E-state index contributed by atoms with van der Waals surface area (Å²) in [6.07, 6.45) is 0. The molecule has 0 unspecified atom stereocenters. The summed E-state index contributed by atoms with van der Waals surface area (Å²) in [6.45, 7) is 10.9. The van der Waals surface area contributed by atoms with E-state index in [1.165, 1.54) is 13.8 Å². The Balaban J connectivity index is 0.000000426. The quantitative estimate of drug-likeness (QED) is 0.423. The minimum absolute atomic E-state index is 0.268. The monoisotopic (exact) mass is 423 g/mol. The topological polar surface area (TPSA) is 185 Å². The molecule has 0 aliphatic carbocycles. The maximum absolute atomic E-state index is 10.8. The van der Waals surface area contributed by atoms with Crippen LogP contribution in [0.5, 0.6) is 0 Å². The van der Waals surface area contributed by atoms with Gasteiger partial charge in [-0.1, -0.05) is 13.8 Å². The molecule has 0 bridgehead atoms. The average molecular weight is 423 g/mol. The van der Waals surface area contributed by atoms with Gasteiger partial charge in [-0.25, -0.2) is 38.7 Å². The highest BCUT2D eigenvalue weighted by molar-refractivity contribution is 4.91. The molecular formula is C17H27N9O4. The Labute approximate surface area is 174 Å². The molecule has 0 saturated carbocycles. The zero-order chi connectivity index (χ0) is 24.8. The summed E-state index contributed by atoms with van der Waals surface area (Å²) in [5.74, 6) is 2.97. The van der Waals surface area contributed by atoms with Crippen molar-refractivity contribution in [3.63, 3.8) is 0 Å². The third kappa shape index (κ3) is 9.96. The van der Waals surface area contributed by atoms with Crippen LogP contribution in [-0.4, -0.2) is 44.4 Å². The van der Waals surface area contributed by atoms with E-state index in [1.807, 2.05) is 25.8 Å². The lowest BCUT2D eigenvalue weighted by Gasteiger charge is -1.94. The van der Waals surface area contributed by atoms with E-state index in [-0.39, 0.29) is 5.82 Å². The van der Waals surface area contributed by atoms with E-state index in [0.717, 1.165) is 17.5 Å². The van der Waals surface area contributed by atoms with Crippen LogP contribution >= 0.6 is 0 Å². The summed E-state index contributed by atoms with van der Waals surface area (Å²) in [5, 5.41) is 0. The first-order chi connectivity index (χ1) is 14.9. The van der Waals surface area contributed by atoms with Crippen molar-refractivity contribution >= 4 is 0 Å². The van der Waals surface area contributed by atoms with Crippen molar-refractivity contribution in [3.8, 4) is 0 Å². The number of nitrogens with zero attached hydrogens (tertiary/aromatic N) is 6. The summed E-state index contributed by atoms with van der Waals surface area (Å²) in [4.78, 5) is 67.7. The van der Waals surface area contributed by atoms with Crippen molar-refractivity contribution in [2.24, 2.45) is 7.02 Å². The van der Waals surface area contributed by atoms with Gasteiger partial charge in [-0.15, -0.1) is 0 Å². The third-order valence-electron chi connectivity index (χ3n) is 2.78. The molecular weight excluding hydrogens is 394 g/mol. The smallest absolute Gasteiger partial charge is 0.296 e. The molecule has 0 radical (unpaired) electrons. The Morgan fingerprint density at radius 2 is 1.20 bits per heavy atom. The Kier molecular flexibility index (Phi) is 9.49. The Morgan fingerprint density at radius 1 is 0.733 bits per heavy atom. The molecule has 0 aliphatic heterocycles. The number of H-pyrrole nitrogens is 3. The normalized spacial score (nSPS) is 10.1. The predicted molar refractivity (Wildman–Crippen MR) is 110 cm³/mol. The summed E-state index contributed by atoms with van der Waals surface area (Å²) in [6, 6.07) is 0. The number of nitrogens with one attached hydrogen (secondary N) is 3. The summed E-state index contributed by atoms with van der Waals surface area (Å²) >= 11 is 0. The van der Waals surface area contributed by atoms with Crippen molar-refractivity contribution in [2.75, 3.05) is 0 Å². The maximum atomic E-state index is 10.8. The molecule has 0 aromatic carbocycles. The van der Waals surface area contributed by atoms with Gasteiger partial charge in [0.2, 0.25) is 0 Å². The molecule has 0 spiro atoms. The molecule has 3 heterocycles. The van der Waals surface area contributed by atoms with E-state index < -0.39 is 29.8 Å². The van der Waals surface area contributed by atoms with Crippen LogP contribution < -0.4 is 22.8 Å². The number of aromatic amines is 3. The molecule has 13 nitrogen and oxygen atoms in total. The van der Waals surface area contributed by atoms with Gasteiger partial charge in [0.1, 0.15) is 29.1 Å². The van der Waals surface area contributed by atoms with E-state index in [1.54, 1.807) is 6.92 Å². The molecule has 0 saturated heterocycles. The average Bonchev–Trinajstić information content (AvgIpc) is 2.60. The van der Waals surface area contributed by atoms with Crippen LogP contribution in [0.15, 0.2) is 19.2 Å². The lowest BCUT2D eigenvalue weighted by molar-refractivity contribution is 0.711. The Hall–Kier alpha value is -3.77. The van der Waals surface area contributed by atoms with Gasteiger partial charge in [0.25, 0.3) is 0 Å². The fourth-order valence-electron chi connectivity index (χ4n) is 1.82. The van der Waals surface area contributed by atoms with Crippen molar-refractivity contribution in [1.29, 1.82) is 0 Å². The fraction of sp³-hybridized carbons (Fsp3) is 0.471. The zero-order valence-electron chi connectivity index (χ0n) is 19.7. The first kappa shape index (κ1) is 22.5. The highest BCUT2D eigenvalue weighted by atomic mass is 16.2. The van der Waals surface area contributed by atoms with Gasteiger partial charge in [-0.2, -0.15) is 9.97 Å². The second kappa shape index (κ2) is 12.6. The van der Waals surface area contributed by atoms with Crippen molar-refractivity contribution in [1.82, 2.24) is 44.4 Å². The molecule has 0 atom stereocenters. The van der Waals surface area contributed by atoms with Gasteiger partial charge in [0.05, 0.1) is 0 Å². The Bertz CT molecular complexity index is 1110. The molecule has 0 fully saturated rings.